The van der Waals surface area contributed by atoms with Crippen LogP contribution < -0.4 is 0 Å². The van der Waals surface area contributed by atoms with E-state index < -0.39 is 0 Å². The maximum Gasteiger partial charge on any atom is 0.340 e. The van der Waals surface area contributed by atoms with Crippen molar-refractivity contribution in [2.75, 3.05) is 7.11 Å². The molecule has 0 spiro atoms. The van der Waals surface area contributed by atoms with Gasteiger partial charge in [-0.3, -0.25) is 0 Å². The second-order valence-corrected chi connectivity index (χ2v) is 5.32. The Morgan fingerprint density at radius 3 is 2.89 bits per heavy atom. The largest absolute Gasteiger partial charge is 0.465 e. The molecule has 0 bridgehead atoms. The topological polar surface area (TPSA) is 30.7 Å². The lowest BCUT2D eigenvalue weighted by molar-refractivity contribution is 0.0603. The van der Waals surface area contributed by atoms with Crippen molar-refractivity contribution >= 4 is 22.5 Å². The number of rotatable bonds is 1. The maximum absolute atomic E-state index is 11.9. The quantitative estimate of drug-likeness (QED) is 0.624. The van der Waals surface area contributed by atoms with Crippen molar-refractivity contribution in [1.82, 2.24) is 4.40 Å². The fraction of sp³-hybridized carbons (Fsp3) is 0.312. The van der Waals surface area contributed by atoms with E-state index in [1.54, 1.807) is 0 Å². The molecule has 0 fully saturated rings. The molecule has 4 rings (SSSR count). The van der Waals surface area contributed by atoms with Crippen molar-refractivity contribution in [1.29, 1.82) is 0 Å². The van der Waals surface area contributed by atoms with Gasteiger partial charge >= 0.3 is 5.97 Å². The zero-order chi connectivity index (χ0) is 13.1. The van der Waals surface area contributed by atoms with Crippen LogP contribution in [0.3, 0.4) is 0 Å². The highest BCUT2D eigenvalue weighted by Gasteiger charge is 2.24. The van der Waals surface area contributed by atoms with Gasteiger partial charge in [-0.2, -0.15) is 0 Å². The molecule has 0 saturated heterocycles. The molecule has 1 aliphatic rings. The molecule has 3 aromatic heterocycles. The average molecular weight is 253 g/mol. The number of aryl methyl sites for hydroxylation is 3. The zero-order valence-electron chi connectivity index (χ0n) is 11.1. The minimum atomic E-state index is -0.254. The number of methoxy groups -OCH3 is 1. The van der Waals surface area contributed by atoms with Gasteiger partial charge in [0, 0.05) is 0 Å². The molecular formula is C16H15NO2. The Balaban J connectivity index is 2.20. The Bertz CT molecular complexity index is 813. The first-order valence-electron chi connectivity index (χ1n) is 6.68. The predicted octanol–water partition coefficient (Wildman–Crippen LogP) is 3.11. The van der Waals surface area contributed by atoms with Gasteiger partial charge in [0.15, 0.2) is 0 Å². The van der Waals surface area contributed by atoms with Crippen molar-refractivity contribution < 1.29 is 9.53 Å². The van der Waals surface area contributed by atoms with Crippen LogP contribution in [0.4, 0.5) is 0 Å². The van der Waals surface area contributed by atoms with Crippen molar-refractivity contribution in [3.8, 4) is 0 Å². The molecule has 0 saturated carbocycles. The van der Waals surface area contributed by atoms with Gasteiger partial charge in [0.25, 0.3) is 0 Å². The molecule has 0 aromatic carbocycles. The first-order valence-corrected chi connectivity index (χ1v) is 6.68. The van der Waals surface area contributed by atoms with Crippen molar-refractivity contribution in [3.63, 3.8) is 0 Å². The van der Waals surface area contributed by atoms with Crippen molar-refractivity contribution in [2.45, 2.75) is 26.2 Å². The van der Waals surface area contributed by atoms with Crippen LogP contribution in [-0.4, -0.2) is 17.5 Å². The Morgan fingerprint density at radius 1 is 1.26 bits per heavy atom. The number of esters is 1. The number of pyridine rings is 1. The summed E-state index contributed by atoms with van der Waals surface area (Å²) in [6.07, 6.45) is 3.50. The first kappa shape index (κ1) is 10.9. The van der Waals surface area contributed by atoms with Crippen LogP contribution in [-0.2, 0) is 17.6 Å². The highest BCUT2D eigenvalue weighted by molar-refractivity contribution is 6.02. The lowest BCUT2D eigenvalue weighted by Crippen LogP contribution is -2.04. The minimum Gasteiger partial charge on any atom is -0.465 e. The van der Waals surface area contributed by atoms with E-state index in [1.807, 2.05) is 6.07 Å². The summed E-state index contributed by atoms with van der Waals surface area (Å²) in [5, 5.41) is 0. The SMILES string of the molecule is COC(=O)c1cc2c(C)c3c4c(ccc1n24)CCC3. The second-order valence-electron chi connectivity index (χ2n) is 5.32. The van der Waals surface area contributed by atoms with E-state index >= 15 is 0 Å². The molecule has 0 aliphatic heterocycles. The van der Waals surface area contributed by atoms with Gasteiger partial charge in [-0.15, -0.1) is 0 Å². The van der Waals surface area contributed by atoms with Crippen LogP contribution in [0.15, 0.2) is 18.2 Å². The van der Waals surface area contributed by atoms with Crippen molar-refractivity contribution in [3.05, 3.63) is 40.5 Å². The number of hydrogen-bond acceptors (Lipinski definition) is 2. The van der Waals surface area contributed by atoms with Gasteiger partial charge in [0.2, 0.25) is 0 Å². The Labute approximate surface area is 111 Å². The number of nitrogens with zero attached hydrogens (tertiary/aromatic N) is 1. The monoisotopic (exact) mass is 253 g/mol. The van der Waals surface area contributed by atoms with E-state index in [2.05, 4.69) is 23.5 Å². The summed E-state index contributed by atoms with van der Waals surface area (Å²) in [7, 11) is 1.43. The maximum atomic E-state index is 11.9. The lowest BCUT2D eigenvalue weighted by atomic mass is 9.93. The summed E-state index contributed by atoms with van der Waals surface area (Å²) in [6.45, 7) is 2.16. The fourth-order valence-corrected chi connectivity index (χ4v) is 3.51. The second kappa shape index (κ2) is 3.50. The standard InChI is InChI=1S/C16H15NO2/c1-9-11-5-3-4-10-6-7-13-12(16(18)19-2)8-14(9)17(13)15(10)11/h6-8H,3-5H2,1-2H3. The minimum absolute atomic E-state index is 0.254. The van der Waals surface area contributed by atoms with Gasteiger partial charge in [-0.1, -0.05) is 6.07 Å². The Kier molecular flexibility index (Phi) is 2.00. The average Bonchev–Trinajstić information content (AvgIpc) is 2.96. The summed E-state index contributed by atoms with van der Waals surface area (Å²) in [5.74, 6) is -0.254. The molecule has 3 heteroatoms. The summed E-state index contributed by atoms with van der Waals surface area (Å²) >= 11 is 0. The van der Waals surface area contributed by atoms with Gasteiger partial charge in [-0.25, -0.2) is 4.79 Å². The first-order chi connectivity index (χ1) is 9.22. The molecule has 0 atom stereocenters. The van der Waals surface area contributed by atoms with E-state index in [1.165, 1.54) is 35.7 Å². The molecule has 3 heterocycles. The third-order valence-electron chi connectivity index (χ3n) is 4.41. The van der Waals surface area contributed by atoms with Crippen LogP contribution in [0.25, 0.3) is 16.6 Å². The number of hydrogen-bond donors (Lipinski definition) is 0. The zero-order valence-corrected chi connectivity index (χ0v) is 11.1. The summed E-state index contributed by atoms with van der Waals surface area (Å²) in [6, 6.07) is 6.19. The van der Waals surface area contributed by atoms with E-state index in [9.17, 15) is 4.79 Å². The normalized spacial score (nSPS) is 14.4. The number of ether oxygens (including phenoxy) is 1. The number of carbonyl (C=O) groups is 1. The van der Waals surface area contributed by atoms with Crippen LogP contribution >= 0.6 is 0 Å². The van der Waals surface area contributed by atoms with E-state index in [4.69, 9.17) is 4.74 Å². The molecule has 96 valence electrons. The van der Waals surface area contributed by atoms with Gasteiger partial charge in [0.1, 0.15) is 0 Å². The summed E-state index contributed by atoms with van der Waals surface area (Å²) in [5.41, 5.74) is 8.29. The summed E-state index contributed by atoms with van der Waals surface area (Å²) in [4.78, 5) is 11.9. The Hall–Kier alpha value is -2.03. The fourth-order valence-electron chi connectivity index (χ4n) is 3.51. The molecule has 3 aromatic rings. The Morgan fingerprint density at radius 2 is 2.11 bits per heavy atom. The smallest absolute Gasteiger partial charge is 0.340 e. The predicted molar refractivity (Wildman–Crippen MR) is 74.2 cm³/mol. The van der Waals surface area contributed by atoms with E-state index in [0.29, 0.717) is 5.56 Å². The molecular weight excluding hydrogens is 238 g/mol. The lowest BCUT2D eigenvalue weighted by Gasteiger charge is -2.14. The van der Waals surface area contributed by atoms with Crippen LogP contribution in [0.1, 0.15) is 33.5 Å². The third-order valence-corrected chi connectivity index (χ3v) is 4.41. The highest BCUT2D eigenvalue weighted by Crippen LogP contribution is 2.37. The van der Waals surface area contributed by atoms with Gasteiger partial charge < -0.3 is 9.14 Å². The van der Waals surface area contributed by atoms with E-state index in [-0.39, 0.29) is 5.97 Å². The van der Waals surface area contributed by atoms with E-state index in [0.717, 1.165) is 23.9 Å². The van der Waals surface area contributed by atoms with Gasteiger partial charge in [0.05, 0.1) is 29.2 Å². The van der Waals surface area contributed by atoms with Gasteiger partial charge in [-0.05, 0) is 55.0 Å². The molecule has 0 N–H and O–H groups in total. The summed E-state index contributed by atoms with van der Waals surface area (Å²) < 4.78 is 7.13. The highest BCUT2D eigenvalue weighted by atomic mass is 16.5. The third kappa shape index (κ3) is 1.20. The van der Waals surface area contributed by atoms with Crippen LogP contribution in [0.2, 0.25) is 0 Å². The molecule has 3 nitrogen and oxygen atoms in total. The molecule has 0 radical (unpaired) electrons. The molecule has 0 amide bonds. The van der Waals surface area contributed by atoms with Crippen LogP contribution in [0, 0.1) is 6.92 Å². The molecule has 19 heavy (non-hydrogen) atoms. The number of aromatic nitrogens is 1. The number of carbonyl (C=O) groups excluding carboxylic acids is 1. The van der Waals surface area contributed by atoms with Crippen molar-refractivity contribution in [2.24, 2.45) is 0 Å². The van der Waals surface area contributed by atoms with Crippen LogP contribution in [0.5, 0.6) is 0 Å². The molecule has 0 unspecified atom stereocenters. The molecule has 1 aliphatic carbocycles.